The molecule has 0 aliphatic rings. The van der Waals surface area contributed by atoms with Gasteiger partial charge in [0.05, 0.1) is 4.92 Å². The molecule has 0 saturated heterocycles. The first kappa shape index (κ1) is 13.7. The van der Waals surface area contributed by atoms with Crippen molar-refractivity contribution in [3.63, 3.8) is 0 Å². The van der Waals surface area contributed by atoms with Gasteiger partial charge in [0.25, 0.3) is 11.6 Å². The summed E-state index contributed by atoms with van der Waals surface area (Å²) in [6, 6.07) is 4.05. The zero-order valence-corrected chi connectivity index (χ0v) is 10.3. The third kappa shape index (κ3) is 3.07. The van der Waals surface area contributed by atoms with Crippen molar-refractivity contribution in [1.29, 1.82) is 0 Å². The molecule has 0 saturated carbocycles. The van der Waals surface area contributed by atoms with Gasteiger partial charge in [0.15, 0.2) is 0 Å². The molecule has 2 N–H and O–H groups in total. The Morgan fingerprint density at radius 3 is 2.72 bits per heavy atom. The quantitative estimate of drug-likeness (QED) is 0.474. The fourth-order valence-corrected chi connectivity index (χ4v) is 1.40. The maximum atomic E-state index is 11.5. The molecular weight excluding hydrogens is 234 g/mol. The fraction of sp³-hybridized carbons (Fsp3) is 0.250. The van der Waals surface area contributed by atoms with Crippen LogP contribution < -0.4 is 10.6 Å². The van der Waals surface area contributed by atoms with Crippen LogP contribution in [0.3, 0.4) is 0 Å². The van der Waals surface area contributed by atoms with Gasteiger partial charge in [-0.3, -0.25) is 14.9 Å². The van der Waals surface area contributed by atoms with Crippen LogP contribution in [-0.4, -0.2) is 23.9 Å². The zero-order valence-electron chi connectivity index (χ0n) is 10.3. The van der Waals surface area contributed by atoms with Crippen molar-refractivity contribution < 1.29 is 9.72 Å². The van der Waals surface area contributed by atoms with E-state index in [0.717, 1.165) is 0 Å². The SMILES string of the molecule is C=CC(C)Nc1cc(C(=O)NC)ccc1[N+](=O)[O-]. The van der Waals surface area contributed by atoms with Crippen molar-refractivity contribution in [3.05, 3.63) is 46.5 Å². The summed E-state index contributed by atoms with van der Waals surface area (Å²) < 4.78 is 0. The smallest absolute Gasteiger partial charge is 0.292 e. The normalized spacial score (nSPS) is 11.4. The molecule has 0 aromatic heterocycles. The molecule has 1 amide bonds. The Morgan fingerprint density at radius 2 is 2.22 bits per heavy atom. The maximum absolute atomic E-state index is 11.5. The van der Waals surface area contributed by atoms with Crippen LogP contribution in [-0.2, 0) is 0 Å². The maximum Gasteiger partial charge on any atom is 0.292 e. The number of carbonyl (C=O) groups excluding carboxylic acids is 1. The number of carbonyl (C=O) groups is 1. The van der Waals surface area contributed by atoms with Crippen molar-refractivity contribution in [2.24, 2.45) is 0 Å². The Morgan fingerprint density at radius 1 is 1.56 bits per heavy atom. The molecule has 1 unspecified atom stereocenters. The van der Waals surface area contributed by atoms with Crippen molar-refractivity contribution in [3.8, 4) is 0 Å². The topological polar surface area (TPSA) is 84.3 Å². The lowest BCUT2D eigenvalue weighted by atomic mass is 10.1. The van der Waals surface area contributed by atoms with E-state index in [1.54, 1.807) is 6.08 Å². The summed E-state index contributed by atoms with van der Waals surface area (Å²) in [4.78, 5) is 21.9. The van der Waals surface area contributed by atoms with Crippen LogP contribution >= 0.6 is 0 Å². The largest absolute Gasteiger partial charge is 0.374 e. The van der Waals surface area contributed by atoms with E-state index in [9.17, 15) is 14.9 Å². The average Bonchev–Trinajstić information content (AvgIpc) is 2.37. The highest BCUT2D eigenvalue weighted by Crippen LogP contribution is 2.26. The van der Waals surface area contributed by atoms with Crippen molar-refractivity contribution in [1.82, 2.24) is 5.32 Å². The first-order valence-corrected chi connectivity index (χ1v) is 5.39. The minimum Gasteiger partial charge on any atom is -0.374 e. The minimum absolute atomic E-state index is 0.0728. The van der Waals surface area contributed by atoms with Gasteiger partial charge < -0.3 is 10.6 Å². The molecule has 0 bridgehead atoms. The van der Waals surface area contributed by atoms with Gasteiger partial charge in [0.1, 0.15) is 5.69 Å². The van der Waals surface area contributed by atoms with Gasteiger partial charge in [0.2, 0.25) is 0 Å². The summed E-state index contributed by atoms with van der Waals surface area (Å²) in [7, 11) is 1.50. The van der Waals surface area contributed by atoms with Crippen LogP contribution in [0.2, 0.25) is 0 Å². The number of rotatable bonds is 5. The average molecular weight is 249 g/mol. The van der Waals surface area contributed by atoms with E-state index in [1.807, 2.05) is 6.92 Å². The molecule has 1 aromatic carbocycles. The summed E-state index contributed by atoms with van der Waals surface area (Å²) in [5.74, 6) is -0.292. The van der Waals surface area contributed by atoms with Gasteiger partial charge in [-0.1, -0.05) is 6.08 Å². The number of hydrogen-bond acceptors (Lipinski definition) is 4. The van der Waals surface area contributed by atoms with Crippen molar-refractivity contribution in [2.45, 2.75) is 13.0 Å². The van der Waals surface area contributed by atoms with E-state index in [4.69, 9.17) is 0 Å². The Bertz CT molecular complexity index is 485. The van der Waals surface area contributed by atoms with Gasteiger partial charge in [-0.05, 0) is 19.1 Å². The number of hydrogen-bond donors (Lipinski definition) is 2. The van der Waals surface area contributed by atoms with E-state index in [2.05, 4.69) is 17.2 Å². The standard InChI is InChI=1S/C12H15N3O3/c1-4-8(2)14-10-7-9(12(16)13-3)5-6-11(10)15(17)18/h4-8,14H,1H2,2-3H3,(H,13,16). The van der Waals surface area contributed by atoms with E-state index in [0.29, 0.717) is 11.3 Å². The van der Waals surface area contributed by atoms with Crippen molar-refractivity contribution >= 4 is 17.3 Å². The highest BCUT2D eigenvalue weighted by atomic mass is 16.6. The number of nitrogens with one attached hydrogen (secondary N) is 2. The summed E-state index contributed by atoms with van der Waals surface area (Å²) in [6.45, 7) is 5.40. The first-order valence-electron chi connectivity index (χ1n) is 5.39. The molecule has 6 heteroatoms. The number of anilines is 1. The number of nitrogens with zero attached hydrogens (tertiary/aromatic N) is 1. The molecule has 0 heterocycles. The Balaban J connectivity index is 3.19. The molecule has 0 fully saturated rings. The lowest BCUT2D eigenvalue weighted by Gasteiger charge is -2.12. The lowest BCUT2D eigenvalue weighted by molar-refractivity contribution is -0.384. The molecule has 0 aliphatic carbocycles. The molecule has 0 spiro atoms. The summed E-state index contributed by atoms with van der Waals surface area (Å²) in [5, 5.41) is 16.3. The second kappa shape index (κ2) is 5.81. The molecule has 96 valence electrons. The van der Waals surface area contributed by atoms with Crippen LogP contribution in [0.15, 0.2) is 30.9 Å². The second-order valence-corrected chi connectivity index (χ2v) is 3.74. The predicted octanol–water partition coefficient (Wildman–Crippen LogP) is 1.94. The van der Waals surface area contributed by atoms with Crippen molar-refractivity contribution in [2.75, 3.05) is 12.4 Å². The molecule has 1 aromatic rings. The first-order chi connectivity index (χ1) is 8.49. The number of benzene rings is 1. The summed E-state index contributed by atoms with van der Waals surface area (Å²) in [5.41, 5.74) is 0.590. The van der Waals surface area contributed by atoms with Crippen LogP contribution in [0, 0.1) is 10.1 Å². The van der Waals surface area contributed by atoms with Gasteiger partial charge in [0, 0.05) is 24.7 Å². The van der Waals surface area contributed by atoms with Gasteiger partial charge >= 0.3 is 0 Å². The lowest BCUT2D eigenvalue weighted by Crippen LogP contribution is -2.19. The van der Waals surface area contributed by atoms with E-state index < -0.39 is 4.92 Å². The third-order valence-corrected chi connectivity index (χ3v) is 2.42. The molecule has 1 rings (SSSR count). The minimum atomic E-state index is -0.494. The van der Waals surface area contributed by atoms with Crippen LogP contribution in [0.25, 0.3) is 0 Å². The number of amides is 1. The van der Waals surface area contributed by atoms with Crippen LogP contribution in [0.5, 0.6) is 0 Å². The fourth-order valence-electron chi connectivity index (χ4n) is 1.40. The summed E-state index contributed by atoms with van der Waals surface area (Å²) in [6.07, 6.45) is 1.62. The Kier molecular flexibility index (Phi) is 4.42. The molecular formula is C12H15N3O3. The molecule has 6 nitrogen and oxygen atoms in total. The zero-order chi connectivity index (χ0) is 13.7. The summed E-state index contributed by atoms with van der Waals surface area (Å²) >= 11 is 0. The molecule has 1 atom stereocenters. The van der Waals surface area contributed by atoms with E-state index in [1.165, 1.54) is 25.2 Å². The Labute approximate surface area is 105 Å². The monoisotopic (exact) mass is 249 g/mol. The van der Waals surface area contributed by atoms with Gasteiger partial charge in [-0.2, -0.15) is 0 Å². The predicted molar refractivity (Wildman–Crippen MR) is 69.8 cm³/mol. The molecule has 0 radical (unpaired) electrons. The number of nitro benzene ring substituents is 1. The molecule has 0 aliphatic heterocycles. The highest BCUT2D eigenvalue weighted by Gasteiger charge is 2.17. The van der Waals surface area contributed by atoms with Gasteiger partial charge in [-0.15, -0.1) is 6.58 Å². The molecule has 18 heavy (non-hydrogen) atoms. The third-order valence-electron chi connectivity index (χ3n) is 2.42. The number of nitro groups is 1. The van der Waals surface area contributed by atoms with E-state index in [-0.39, 0.29) is 17.6 Å². The van der Waals surface area contributed by atoms with E-state index >= 15 is 0 Å². The van der Waals surface area contributed by atoms with Gasteiger partial charge in [-0.25, -0.2) is 0 Å². The highest BCUT2D eigenvalue weighted by molar-refractivity contribution is 5.95. The second-order valence-electron chi connectivity index (χ2n) is 3.74. The van der Waals surface area contributed by atoms with Crippen LogP contribution in [0.4, 0.5) is 11.4 Å². The Hall–Kier alpha value is -2.37. The van der Waals surface area contributed by atoms with Crippen LogP contribution in [0.1, 0.15) is 17.3 Å².